The van der Waals surface area contributed by atoms with Crippen LogP contribution in [0.5, 0.6) is 0 Å². The van der Waals surface area contributed by atoms with Crippen molar-refractivity contribution in [1.29, 1.82) is 0 Å². The molecule has 32 valence electrons. The minimum atomic E-state index is 0. The Labute approximate surface area is 80.9 Å². The summed E-state index contributed by atoms with van der Waals surface area (Å²) in [5.41, 5.74) is 0. The Balaban J connectivity index is 0. The maximum atomic E-state index is 9.81. The van der Waals surface area contributed by atoms with Gasteiger partial charge in [0.05, 0.1) is 0 Å². The van der Waals surface area contributed by atoms with Gasteiger partial charge in [0, 0.05) is 6.42 Å². The molecule has 0 aliphatic heterocycles. The Morgan fingerprint density at radius 3 is 1.83 bits per heavy atom. The third-order valence-electron chi connectivity index (χ3n) is 0.498. The van der Waals surface area contributed by atoms with Crippen molar-refractivity contribution in [2.24, 2.45) is 0 Å². The fourth-order valence-electron chi connectivity index (χ4n) is 0. The van der Waals surface area contributed by atoms with Gasteiger partial charge in [0.25, 0.3) is 0 Å². The van der Waals surface area contributed by atoms with Crippen molar-refractivity contribution < 1.29 is 4.79 Å². The van der Waals surface area contributed by atoms with Crippen molar-refractivity contribution in [3.05, 3.63) is 0 Å². The van der Waals surface area contributed by atoms with Crippen molar-refractivity contribution in [2.45, 2.75) is 20.3 Å². The van der Waals surface area contributed by atoms with Crippen LogP contribution < -0.4 is 0 Å². The third kappa shape index (κ3) is 9.00. The molecule has 0 rings (SSSR count). The molecule has 0 atom stereocenters. The average molecular weight is 112 g/mol. The molecule has 0 radical (unpaired) electrons. The van der Waals surface area contributed by atoms with Gasteiger partial charge in [-0.2, -0.15) is 0 Å². The second-order valence-corrected chi connectivity index (χ2v) is 1.06. The first kappa shape index (κ1) is 10.3. The molecule has 2 heteroatoms. The summed E-state index contributed by atoms with van der Waals surface area (Å²) in [7, 11) is 0. The van der Waals surface area contributed by atoms with Crippen molar-refractivity contribution in [1.82, 2.24) is 0 Å². The topological polar surface area (TPSA) is 17.1 Å². The third-order valence-corrected chi connectivity index (χ3v) is 0.498. The van der Waals surface area contributed by atoms with Crippen molar-refractivity contribution >= 4 is 57.2 Å². The number of rotatable bonds is 1. The summed E-state index contributed by atoms with van der Waals surface area (Å²) in [4.78, 5) is 9.81. The van der Waals surface area contributed by atoms with Crippen LogP contribution in [0.4, 0.5) is 0 Å². The molecule has 1 nitrogen and oxygen atoms in total. The fraction of sp³-hybridized carbons (Fsp3) is 0.750. The second-order valence-electron chi connectivity index (χ2n) is 1.06. The molecule has 6 heavy (non-hydrogen) atoms. The molecule has 0 spiro atoms. The number of carbonyl (C=O) groups excluding carboxylic acids is 1. The first-order valence-electron chi connectivity index (χ1n) is 1.76. The Kier molecular flexibility index (Phi) is 10.8. The predicted octanol–water partition coefficient (Wildman–Crippen LogP) is 0.337. The molecule has 0 saturated carbocycles. The number of carbonyl (C=O) groups is 1. The first-order chi connectivity index (χ1) is 2.27. The summed E-state index contributed by atoms with van der Waals surface area (Å²) in [6.07, 6.45) is 0.667. The molecule has 0 amide bonds. The van der Waals surface area contributed by atoms with Gasteiger partial charge in [0.2, 0.25) is 0 Å². The number of hydrogen-bond acceptors (Lipinski definition) is 1. The summed E-state index contributed by atoms with van der Waals surface area (Å²) in [5, 5.41) is 0. The molecule has 0 N–H and O–H groups in total. The van der Waals surface area contributed by atoms with Gasteiger partial charge in [0.1, 0.15) is 5.78 Å². The molecule has 0 aliphatic carbocycles. The Bertz CT molecular complexity index is 42.8. The van der Waals surface area contributed by atoms with Crippen molar-refractivity contribution in [3.8, 4) is 0 Å². The van der Waals surface area contributed by atoms with Gasteiger partial charge in [-0.05, 0) is 6.92 Å². The molecule has 0 bridgehead atoms. The second kappa shape index (κ2) is 6.31. The zero-order valence-electron chi connectivity index (χ0n) is 3.62. The van der Waals surface area contributed by atoms with Crippen molar-refractivity contribution in [3.63, 3.8) is 0 Å². The summed E-state index contributed by atoms with van der Waals surface area (Å²) >= 11 is 0. The Morgan fingerprint density at radius 2 is 1.83 bits per heavy atom. The van der Waals surface area contributed by atoms with E-state index in [0.29, 0.717) is 6.42 Å². The van der Waals surface area contributed by atoms with E-state index >= 15 is 0 Å². The van der Waals surface area contributed by atoms with E-state index in [2.05, 4.69) is 0 Å². The van der Waals surface area contributed by atoms with Gasteiger partial charge in [-0.25, -0.2) is 0 Å². The van der Waals surface area contributed by atoms with Gasteiger partial charge >= 0.3 is 51.4 Å². The van der Waals surface area contributed by atoms with E-state index in [1.807, 2.05) is 6.92 Å². The van der Waals surface area contributed by atoms with Crippen LogP contribution in [0.3, 0.4) is 0 Å². The Hall–Kier alpha value is 1.31. The van der Waals surface area contributed by atoms with Crippen LogP contribution in [0.15, 0.2) is 0 Å². The molecule has 0 fully saturated rings. The summed E-state index contributed by atoms with van der Waals surface area (Å²) in [5.74, 6) is 0.255. The monoisotopic (exact) mass is 112 g/mol. The fourth-order valence-corrected chi connectivity index (χ4v) is 0. The van der Waals surface area contributed by atoms with Crippen LogP contribution in [0.25, 0.3) is 0 Å². The van der Waals surface area contributed by atoms with Gasteiger partial charge < -0.3 is 4.79 Å². The quantitative estimate of drug-likeness (QED) is 0.447. The summed E-state index contributed by atoms with van der Waals surface area (Å²) < 4.78 is 0. The average Bonchev–Trinajstić information content (AvgIpc) is 1.38. The van der Waals surface area contributed by atoms with E-state index in [4.69, 9.17) is 0 Å². The summed E-state index contributed by atoms with van der Waals surface area (Å²) in [6, 6.07) is 0. The van der Waals surface area contributed by atoms with E-state index in [1.54, 1.807) is 6.92 Å². The molecule has 0 aromatic heterocycles. The Morgan fingerprint density at radius 1 is 1.67 bits per heavy atom. The van der Waals surface area contributed by atoms with Crippen LogP contribution in [0.2, 0.25) is 0 Å². The van der Waals surface area contributed by atoms with Crippen LogP contribution in [0.1, 0.15) is 20.3 Å². The van der Waals surface area contributed by atoms with Gasteiger partial charge in [-0.15, -0.1) is 0 Å². The standard InChI is InChI=1S/C4H8O.K.H/c1-3-4(2)5;;/h3H2,1-2H3;;. The van der Waals surface area contributed by atoms with Gasteiger partial charge in [0.15, 0.2) is 0 Å². The van der Waals surface area contributed by atoms with E-state index in [0.717, 1.165) is 0 Å². The zero-order valence-corrected chi connectivity index (χ0v) is 3.62. The SMILES string of the molecule is CCC(C)=O.[KH]. The molecule has 0 saturated heterocycles. The van der Waals surface area contributed by atoms with E-state index in [9.17, 15) is 4.79 Å². The van der Waals surface area contributed by atoms with Crippen molar-refractivity contribution in [2.75, 3.05) is 0 Å². The van der Waals surface area contributed by atoms with Crippen LogP contribution in [-0.2, 0) is 4.79 Å². The van der Waals surface area contributed by atoms with Gasteiger partial charge in [-0.1, -0.05) is 6.92 Å². The molecular weight excluding hydrogens is 103 g/mol. The summed E-state index contributed by atoms with van der Waals surface area (Å²) in [6.45, 7) is 3.43. The van der Waals surface area contributed by atoms with E-state index in [1.165, 1.54) is 0 Å². The number of hydrogen-bond donors (Lipinski definition) is 0. The number of ketones is 1. The predicted molar refractivity (Wildman–Crippen MR) is 28.1 cm³/mol. The maximum absolute atomic E-state index is 9.81. The first-order valence-corrected chi connectivity index (χ1v) is 1.76. The van der Waals surface area contributed by atoms with E-state index < -0.39 is 0 Å². The van der Waals surface area contributed by atoms with Crippen LogP contribution in [-0.4, -0.2) is 57.2 Å². The zero-order chi connectivity index (χ0) is 4.28. The molecular formula is C4H9KO. The number of Topliss-reactive ketones (excluding diaryl/α,β-unsaturated/α-hetero) is 1. The minimum absolute atomic E-state index is 0. The van der Waals surface area contributed by atoms with Gasteiger partial charge in [-0.3, -0.25) is 0 Å². The van der Waals surface area contributed by atoms with E-state index in [-0.39, 0.29) is 57.2 Å². The molecule has 0 unspecified atom stereocenters. The molecule has 0 aliphatic rings. The normalized spacial score (nSPS) is 6.33. The molecule has 0 aromatic carbocycles. The molecule has 0 heterocycles. The van der Waals surface area contributed by atoms with Crippen LogP contribution >= 0.6 is 0 Å². The van der Waals surface area contributed by atoms with Crippen LogP contribution in [0, 0.1) is 0 Å². The molecule has 0 aromatic rings.